The zero-order valence-corrected chi connectivity index (χ0v) is 10.1. The fraction of sp³-hybridized carbons (Fsp3) is 0.273. The molecule has 0 amide bonds. The number of nitrogen functional groups attached to an aromatic ring is 1. The summed E-state index contributed by atoms with van der Waals surface area (Å²) in [6.07, 6.45) is 0. The highest BCUT2D eigenvalue weighted by atomic mass is 32.1. The van der Waals surface area contributed by atoms with Gasteiger partial charge in [-0.25, -0.2) is 0 Å². The molecule has 1 aliphatic rings. The Morgan fingerprint density at radius 2 is 1.88 bits per heavy atom. The van der Waals surface area contributed by atoms with Crippen molar-refractivity contribution in [1.82, 2.24) is 8.75 Å². The van der Waals surface area contributed by atoms with Crippen molar-refractivity contribution in [2.75, 3.05) is 18.9 Å². The van der Waals surface area contributed by atoms with Crippen molar-refractivity contribution < 1.29 is 9.47 Å². The van der Waals surface area contributed by atoms with Crippen molar-refractivity contribution in [3.05, 3.63) is 17.7 Å². The minimum atomic E-state index is 0.453. The number of rotatable bonds is 1. The second kappa shape index (κ2) is 3.89. The fourth-order valence-corrected chi connectivity index (χ4v) is 2.32. The van der Waals surface area contributed by atoms with Gasteiger partial charge in [0.05, 0.1) is 11.7 Å². The number of nitrogens with zero attached hydrogens (tertiary/aromatic N) is 2. The Kier molecular flexibility index (Phi) is 2.36. The number of fused-ring (bicyclic) bond motifs is 1. The predicted octanol–water partition coefficient (Wildman–Crippen LogP) is 1.87. The maximum atomic E-state index is 5.78. The molecular weight excluding hydrogens is 238 g/mol. The van der Waals surface area contributed by atoms with E-state index in [4.69, 9.17) is 15.2 Å². The van der Waals surface area contributed by atoms with E-state index in [0.29, 0.717) is 24.7 Å². The highest BCUT2D eigenvalue weighted by Crippen LogP contribution is 2.38. The third-order valence-corrected chi connectivity index (χ3v) is 3.20. The van der Waals surface area contributed by atoms with E-state index in [-0.39, 0.29) is 0 Å². The molecule has 0 saturated carbocycles. The van der Waals surface area contributed by atoms with Gasteiger partial charge in [-0.3, -0.25) is 0 Å². The van der Waals surface area contributed by atoms with Gasteiger partial charge in [0.25, 0.3) is 0 Å². The van der Waals surface area contributed by atoms with E-state index in [1.807, 2.05) is 19.1 Å². The minimum absolute atomic E-state index is 0.453. The first kappa shape index (κ1) is 10.3. The molecule has 1 aliphatic heterocycles. The van der Waals surface area contributed by atoms with E-state index in [1.165, 1.54) is 0 Å². The van der Waals surface area contributed by atoms with E-state index in [2.05, 4.69) is 8.75 Å². The van der Waals surface area contributed by atoms with Crippen LogP contribution in [0.4, 0.5) is 5.82 Å². The number of benzene rings is 1. The molecule has 17 heavy (non-hydrogen) atoms. The Labute approximate surface area is 103 Å². The molecule has 0 atom stereocenters. The lowest BCUT2D eigenvalue weighted by Crippen LogP contribution is -2.15. The molecule has 0 radical (unpaired) electrons. The molecule has 3 rings (SSSR count). The maximum Gasteiger partial charge on any atom is 0.165 e. The molecule has 2 heterocycles. The van der Waals surface area contributed by atoms with Crippen LogP contribution >= 0.6 is 11.7 Å². The van der Waals surface area contributed by atoms with Crippen LogP contribution in [0.2, 0.25) is 0 Å². The summed E-state index contributed by atoms with van der Waals surface area (Å²) in [5.74, 6) is 1.97. The van der Waals surface area contributed by atoms with Gasteiger partial charge in [-0.05, 0) is 24.6 Å². The second-order valence-electron chi connectivity index (χ2n) is 3.81. The molecule has 1 aromatic carbocycles. The molecule has 5 nitrogen and oxygen atoms in total. The SMILES string of the molecule is Cc1cc2c(cc1-c1nsnc1N)OCCO2. The second-order valence-corrected chi connectivity index (χ2v) is 4.34. The van der Waals surface area contributed by atoms with E-state index in [9.17, 15) is 0 Å². The molecule has 0 bridgehead atoms. The molecule has 6 heteroatoms. The summed E-state index contributed by atoms with van der Waals surface area (Å²) in [7, 11) is 0. The van der Waals surface area contributed by atoms with Gasteiger partial charge in [0, 0.05) is 5.56 Å². The number of anilines is 1. The summed E-state index contributed by atoms with van der Waals surface area (Å²) >= 11 is 1.11. The van der Waals surface area contributed by atoms with Crippen LogP contribution in [-0.2, 0) is 0 Å². The molecular formula is C11H11N3O2S. The van der Waals surface area contributed by atoms with Crippen molar-refractivity contribution in [2.45, 2.75) is 6.92 Å². The molecule has 0 saturated heterocycles. The van der Waals surface area contributed by atoms with Crippen molar-refractivity contribution in [1.29, 1.82) is 0 Å². The summed E-state index contributed by atoms with van der Waals surface area (Å²) in [4.78, 5) is 0. The summed E-state index contributed by atoms with van der Waals surface area (Å²) in [5.41, 5.74) is 8.49. The molecule has 0 unspecified atom stereocenters. The van der Waals surface area contributed by atoms with Crippen LogP contribution in [0.3, 0.4) is 0 Å². The normalized spacial score (nSPS) is 13.7. The molecule has 2 aromatic rings. The smallest absolute Gasteiger partial charge is 0.165 e. The van der Waals surface area contributed by atoms with Crippen LogP contribution < -0.4 is 15.2 Å². The van der Waals surface area contributed by atoms with E-state index < -0.39 is 0 Å². The lowest BCUT2D eigenvalue weighted by Gasteiger charge is -2.19. The van der Waals surface area contributed by atoms with Crippen molar-refractivity contribution in [3.63, 3.8) is 0 Å². The van der Waals surface area contributed by atoms with Crippen molar-refractivity contribution in [2.24, 2.45) is 0 Å². The van der Waals surface area contributed by atoms with Crippen LogP contribution in [0.25, 0.3) is 11.3 Å². The third kappa shape index (κ3) is 1.70. The number of hydrogen-bond acceptors (Lipinski definition) is 6. The summed E-state index contributed by atoms with van der Waals surface area (Å²) in [6.45, 7) is 3.15. The lowest BCUT2D eigenvalue weighted by atomic mass is 10.0. The standard InChI is InChI=1S/C11H11N3O2S/c1-6-4-8-9(16-3-2-15-8)5-7(6)10-11(12)14-17-13-10/h4-5H,2-3H2,1H3,(H2,12,14). The molecule has 0 spiro atoms. The summed E-state index contributed by atoms with van der Waals surface area (Å²) in [6, 6.07) is 3.86. The summed E-state index contributed by atoms with van der Waals surface area (Å²) in [5, 5.41) is 0. The Hall–Kier alpha value is -1.82. The molecule has 88 valence electrons. The largest absolute Gasteiger partial charge is 0.486 e. The topological polar surface area (TPSA) is 70.3 Å². The van der Waals surface area contributed by atoms with E-state index in [0.717, 1.165) is 34.4 Å². The zero-order valence-electron chi connectivity index (χ0n) is 9.27. The zero-order chi connectivity index (χ0) is 11.8. The Morgan fingerprint density at radius 1 is 1.18 bits per heavy atom. The van der Waals surface area contributed by atoms with Crippen LogP contribution in [0.5, 0.6) is 11.5 Å². The number of hydrogen-bond donors (Lipinski definition) is 1. The Balaban J connectivity index is 2.15. The number of aryl methyl sites for hydroxylation is 1. The highest BCUT2D eigenvalue weighted by Gasteiger charge is 2.17. The first-order chi connectivity index (χ1) is 8.25. The first-order valence-electron chi connectivity index (χ1n) is 5.24. The minimum Gasteiger partial charge on any atom is -0.486 e. The fourth-order valence-electron chi connectivity index (χ4n) is 1.83. The van der Waals surface area contributed by atoms with Gasteiger partial charge in [0.2, 0.25) is 0 Å². The van der Waals surface area contributed by atoms with Gasteiger partial charge < -0.3 is 15.2 Å². The summed E-state index contributed by atoms with van der Waals surface area (Å²) < 4.78 is 19.3. The molecule has 0 fully saturated rings. The van der Waals surface area contributed by atoms with Crippen LogP contribution in [0, 0.1) is 6.92 Å². The van der Waals surface area contributed by atoms with Crippen LogP contribution in [-0.4, -0.2) is 22.0 Å². The van der Waals surface area contributed by atoms with E-state index in [1.54, 1.807) is 0 Å². The van der Waals surface area contributed by atoms with Gasteiger partial charge in [-0.2, -0.15) is 8.75 Å². The number of ether oxygens (including phenoxy) is 2. The Morgan fingerprint density at radius 3 is 2.53 bits per heavy atom. The first-order valence-corrected chi connectivity index (χ1v) is 5.97. The number of nitrogens with two attached hydrogens (primary N) is 1. The maximum absolute atomic E-state index is 5.78. The van der Waals surface area contributed by atoms with Gasteiger partial charge in [-0.15, -0.1) is 0 Å². The average molecular weight is 249 g/mol. The van der Waals surface area contributed by atoms with Crippen molar-refractivity contribution >= 4 is 17.5 Å². The van der Waals surface area contributed by atoms with Gasteiger partial charge in [-0.1, -0.05) is 0 Å². The van der Waals surface area contributed by atoms with E-state index >= 15 is 0 Å². The lowest BCUT2D eigenvalue weighted by molar-refractivity contribution is 0.171. The molecule has 1 aromatic heterocycles. The molecule has 0 aliphatic carbocycles. The van der Waals surface area contributed by atoms with Crippen molar-refractivity contribution in [3.8, 4) is 22.8 Å². The Bertz CT molecular complexity index is 568. The van der Waals surface area contributed by atoms with Gasteiger partial charge >= 0.3 is 0 Å². The van der Waals surface area contributed by atoms with Crippen LogP contribution in [0.15, 0.2) is 12.1 Å². The van der Waals surface area contributed by atoms with Crippen LogP contribution in [0.1, 0.15) is 5.56 Å². The quantitative estimate of drug-likeness (QED) is 0.835. The van der Waals surface area contributed by atoms with Gasteiger partial charge in [0.1, 0.15) is 18.9 Å². The average Bonchev–Trinajstić information content (AvgIpc) is 2.74. The third-order valence-electron chi connectivity index (χ3n) is 2.66. The predicted molar refractivity (Wildman–Crippen MR) is 65.5 cm³/mol. The van der Waals surface area contributed by atoms with Gasteiger partial charge in [0.15, 0.2) is 17.3 Å². The highest BCUT2D eigenvalue weighted by molar-refractivity contribution is 6.99. The molecule has 2 N–H and O–H groups in total. The number of aromatic nitrogens is 2. The monoisotopic (exact) mass is 249 g/mol.